The highest BCUT2D eigenvalue weighted by Gasteiger charge is 2.37. The molecule has 0 atom stereocenters. The Balaban J connectivity index is 1.71. The number of rotatable bonds is 6. The number of nitrogens with one attached hydrogen (secondary N) is 1. The van der Waals surface area contributed by atoms with Gasteiger partial charge in [-0.3, -0.25) is 14.8 Å². The molecule has 2 heterocycles. The molecule has 1 saturated heterocycles. The molecule has 0 radical (unpaired) electrons. The van der Waals surface area contributed by atoms with Crippen LogP contribution in [0, 0.1) is 0 Å². The van der Waals surface area contributed by atoms with Gasteiger partial charge in [0.15, 0.2) is 0 Å². The Kier molecular flexibility index (Phi) is 8.24. The summed E-state index contributed by atoms with van der Waals surface area (Å²) in [6, 6.07) is 5.78. The Labute approximate surface area is 185 Å². The summed E-state index contributed by atoms with van der Waals surface area (Å²) in [4.78, 5) is 16.5. The minimum Gasteiger partial charge on any atom is -0.381 e. The lowest BCUT2D eigenvalue weighted by molar-refractivity contribution is -0.0936. The molecule has 0 aromatic heterocycles. The van der Waals surface area contributed by atoms with E-state index in [1.807, 2.05) is 6.08 Å². The number of benzene rings is 1. The van der Waals surface area contributed by atoms with Gasteiger partial charge in [-0.25, -0.2) is 5.84 Å². The average Bonchev–Trinajstić information content (AvgIpc) is 2.75. The number of alkyl halides is 3. The largest absolute Gasteiger partial charge is 0.432 e. The molecule has 32 heavy (non-hydrogen) atoms. The molecule has 172 valence electrons. The Morgan fingerprint density at radius 2 is 1.97 bits per heavy atom. The van der Waals surface area contributed by atoms with Gasteiger partial charge in [0.05, 0.1) is 12.2 Å². The van der Waals surface area contributed by atoms with Gasteiger partial charge in [0, 0.05) is 37.5 Å². The third kappa shape index (κ3) is 6.80. The number of nitrogens with zero attached hydrogens (tertiary/aromatic N) is 2. The second-order valence-corrected chi connectivity index (χ2v) is 7.57. The molecule has 0 spiro atoms. The number of carbonyl (C=O) groups is 1. The molecule has 0 bridgehead atoms. The zero-order valence-electron chi connectivity index (χ0n) is 17.6. The predicted octanol–water partition coefficient (Wildman–Crippen LogP) is 4.07. The third-order valence-corrected chi connectivity index (χ3v) is 5.23. The van der Waals surface area contributed by atoms with Crippen LogP contribution < -0.4 is 16.2 Å². The Bertz CT molecular complexity index is 899. The second kappa shape index (κ2) is 11.1. The fraction of sp³-hybridized carbons (Fsp3) is 0.391. The van der Waals surface area contributed by atoms with E-state index < -0.39 is 11.9 Å². The van der Waals surface area contributed by atoms with Crippen LogP contribution in [-0.4, -0.2) is 44.1 Å². The van der Waals surface area contributed by atoms with Gasteiger partial charge in [-0.1, -0.05) is 29.9 Å². The van der Waals surface area contributed by atoms with Crippen molar-refractivity contribution in [1.82, 2.24) is 5.32 Å². The molecular weight excluding hydrogens is 421 g/mol. The van der Waals surface area contributed by atoms with Crippen molar-refractivity contribution in [2.24, 2.45) is 10.8 Å². The van der Waals surface area contributed by atoms with Crippen LogP contribution >= 0.6 is 0 Å². The number of hydrogen-bond acceptors (Lipinski definition) is 5. The molecule has 0 saturated carbocycles. The van der Waals surface area contributed by atoms with Crippen LogP contribution in [0.1, 0.15) is 36.0 Å². The minimum atomic E-state index is -4.64. The van der Waals surface area contributed by atoms with Gasteiger partial charge in [0.1, 0.15) is 5.70 Å². The molecule has 2 aliphatic rings. The summed E-state index contributed by atoms with van der Waals surface area (Å²) in [5, 5.41) is 3.52. The molecule has 0 aliphatic carbocycles. The first-order valence-corrected chi connectivity index (χ1v) is 10.5. The lowest BCUT2D eigenvalue weighted by atomic mass is 10.1. The standard InChI is InChI=1S/C23H27F3N4O2/c24-23(25,26)21(9-4-17-3-1-2-13-28-14-10-17)30(27)20-7-5-18(6-8-20)22(31)29-19-11-15-32-16-12-19/h1-3,5-9,14,19H,4,10-13,15-16,27H2,(H,29,31)/b2-1?,17-3-,21-9-,28-14?. The number of aliphatic imine (C=N–C) groups is 1. The molecule has 6 nitrogen and oxygen atoms in total. The number of carbonyl (C=O) groups excluding carboxylic acids is 1. The van der Waals surface area contributed by atoms with Crippen LogP contribution in [0.15, 0.2) is 64.8 Å². The van der Waals surface area contributed by atoms with Crippen LogP contribution in [0.5, 0.6) is 0 Å². The van der Waals surface area contributed by atoms with Crippen molar-refractivity contribution in [2.45, 2.75) is 37.9 Å². The van der Waals surface area contributed by atoms with Gasteiger partial charge in [0.2, 0.25) is 0 Å². The SMILES string of the molecule is NN(/C(=C\C/C1=C/C=CCN=CC1)C(F)(F)F)c1ccc(C(=O)NC2CCOCC2)cc1. The molecule has 0 unspecified atom stereocenters. The quantitative estimate of drug-likeness (QED) is 0.508. The van der Waals surface area contributed by atoms with Crippen molar-refractivity contribution in [3.05, 3.63) is 65.4 Å². The van der Waals surface area contributed by atoms with Gasteiger partial charge >= 0.3 is 6.18 Å². The third-order valence-electron chi connectivity index (χ3n) is 5.23. The van der Waals surface area contributed by atoms with Crippen molar-refractivity contribution >= 4 is 17.8 Å². The topological polar surface area (TPSA) is 80.0 Å². The molecule has 2 aliphatic heterocycles. The van der Waals surface area contributed by atoms with Gasteiger partial charge in [0.25, 0.3) is 5.91 Å². The zero-order chi connectivity index (χ0) is 23.0. The van der Waals surface area contributed by atoms with E-state index in [4.69, 9.17) is 10.6 Å². The van der Waals surface area contributed by atoms with E-state index >= 15 is 0 Å². The molecule has 3 rings (SSSR count). The summed E-state index contributed by atoms with van der Waals surface area (Å²) in [5.74, 6) is 5.57. The Morgan fingerprint density at radius 3 is 2.66 bits per heavy atom. The lowest BCUT2D eigenvalue weighted by Gasteiger charge is -2.25. The summed E-state index contributed by atoms with van der Waals surface area (Å²) in [6.45, 7) is 1.75. The fourth-order valence-corrected chi connectivity index (χ4v) is 3.40. The summed E-state index contributed by atoms with van der Waals surface area (Å²) in [7, 11) is 0. The maximum Gasteiger partial charge on any atom is 0.432 e. The fourth-order valence-electron chi connectivity index (χ4n) is 3.40. The summed E-state index contributed by atoms with van der Waals surface area (Å²) < 4.78 is 46.4. The highest BCUT2D eigenvalue weighted by atomic mass is 19.4. The number of allylic oxidation sites excluding steroid dienone is 5. The zero-order valence-corrected chi connectivity index (χ0v) is 17.6. The van der Waals surface area contributed by atoms with Crippen molar-refractivity contribution in [1.29, 1.82) is 0 Å². The minimum absolute atomic E-state index is 0.0316. The Hall–Kier alpha value is -2.91. The second-order valence-electron chi connectivity index (χ2n) is 7.57. The van der Waals surface area contributed by atoms with E-state index in [0.717, 1.165) is 24.5 Å². The predicted molar refractivity (Wildman–Crippen MR) is 118 cm³/mol. The molecular formula is C23H27F3N4O2. The van der Waals surface area contributed by atoms with Crippen LogP contribution in [0.4, 0.5) is 18.9 Å². The number of amides is 1. The number of anilines is 1. The summed E-state index contributed by atoms with van der Waals surface area (Å²) >= 11 is 0. The number of hydrogen-bond donors (Lipinski definition) is 2. The van der Waals surface area contributed by atoms with Crippen LogP contribution in [-0.2, 0) is 4.74 Å². The highest BCUT2D eigenvalue weighted by Crippen LogP contribution is 2.31. The number of ether oxygens (including phenoxy) is 1. The van der Waals surface area contributed by atoms with Crippen molar-refractivity contribution in [2.75, 3.05) is 24.8 Å². The average molecular weight is 448 g/mol. The molecule has 3 N–H and O–H groups in total. The van der Waals surface area contributed by atoms with Crippen molar-refractivity contribution in [3.63, 3.8) is 0 Å². The molecule has 9 heteroatoms. The Morgan fingerprint density at radius 1 is 1.25 bits per heavy atom. The first-order chi connectivity index (χ1) is 15.3. The van der Waals surface area contributed by atoms with E-state index in [9.17, 15) is 18.0 Å². The smallest absolute Gasteiger partial charge is 0.381 e. The summed E-state index contributed by atoms with van der Waals surface area (Å²) in [6.07, 6.45) is 5.58. The molecule has 1 fully saturated rings. The van der Waals surface area contributed by atoms with E-state index in [1.54, 1.807) is 18.4 Å². The van der Waals surface area contributed by atoms with E-state index in [0.29, 0.717) is 36.8 Å². The first kappa shape index (κ1) is 23.7. The van der Waals surface area contributed by atoms with E-state index in [2.05, 4.69) is 10.3 Å². The van der Waals surface area contributed by atoms with Crippen LogP contribution in [0.2, 0.25) is 0 Å². The number of nitrogens with two attached hydrogens (primary N) is 1. The molecule has 1 aromatic carbocycles. The van der Waals surface area contributed by atoms with Gasteiger partial charge < -0.3 is 10.1 Å². The van der Waals surface area contributed by atoms with E-state index in [-0.39, 0.29) is 24.1 Å². The van der Waals surface area contributed by atoms with Gasteiger partial charge in [-0.05, 0) is 43.5 Å². The molecule has 1 aromatic rings. The lowest BCUT2D eigenvalue weighted by Crippen LogP contribution is -2.39. The number of halogens is 3. The van der Waals surface area contributed by atoms with Crippen molar-refractivity contribution in [3.8, 4) is 0 Å². The maximum absolute atomic E-state index is 13.7. The number of hydrazine groups is 1. The van der Waals surface area contributed by atoms with Crippen LogP contribution in [0.3, 0.4) is 0 Å². The van der Waals surface area contributed by atoms with Crippen LogP contribution in [0.25, 0.3) is 0 Å². The van der Waals surface area contributed by atoms with Gasteiger partial charge in [-0.15, -0.1) is 0 Å². The van der Waals surface area contributed by atoms with Crippen molar-refractivity contribution < 1.29 is 22.7 Å². The first-order valence-electron chi connectivity index (χ1n) is 10.5. The highest BCUT2D eigenvalue weighted by molar-refractivity contribution is 5.94. The molecule has 1 amide bonds. The van der Waals surface area contributed by atoms with Gasteiger partial charge in [-0.2, -0.15) is 13.2 Å². The monoisotopic (exact) mass is 448 g/mol. The normalized spacial score (nSPS) is 19.6. The maximum atomic E-state index is 13.7. The van der Waals surface area contributed by atoms with E-state index in [1.165, 1.54) is 24.3 Å². The summed E-state index contributed by atoms with van der Waals surface area (Å²) in [5.41, 5.74) is 0.307.